The second kappa shape index (κ2) is 5.55. The van der Waals surface area contributed by atoms with Gasteiger partial charge in [-0.25, -0.2) is 0 Å². The van der Waals surface area contributed by atoms with Gasteiger partial charge in [0.25, 0.3) is 0 Å². The summed E-state index contributed by atoms with van der Waals surface area (Å²) in [5.74, 6) is 1.07. The average Bonchev–Trinajstić information content (AvgIpc) is 2.69. The number of aromatic nitrogens is 3. The van der Waals surface area contributed by atoms with E-state index in [9.17, 15) is 0 Å². The third-order valence-electron chi connectivity index (χ3n) is 3.43. The number of nitrogens with two attached hydrogens (primary N) is 1. The molecule has 1 aromatic heterocycles. The third kappa shape index (κ3) is 2.49. The maximum Gasteiger partial charge on any atom is 0.196 e. The van der Waals surface area contributed by atoms with E-state index in [0.29, 0.717) is 11.3 Å². The van der Waals surface area contributed by atoms with Crippen LogP contribution in [0.25, 0.3) is 0 Å². The lowest BCUT2D eigenvalue weighted by molar-refractivity contribution is 0.591. The van der Waals surface area contributed by atoms with E-state index in [0.717, 1.165) is 28.8 Å². The zero-order chi connectivity index (χ0) is 13.9. The standard InChI is InChI=1S/C14H15N5S/c15-9-10-8-11(5-6-12(10)16)20-14-18-17-13-4-2-1-3-7-19(13)14/h5-6,8H,1-4,7,16H2. The molecule has 0 bridgehead atoms. The summed E-state index contributed by atoms with van der Waals surface area (Å²) < 4.78 is 2.19. The third-order valence-corrected chi connectivity index (χ3v) is 4.40. The van der Waals surface area contributed by atoms with Crippen LogP contribution in [0.1, 0.15) is 30.7 Å². The first-order chi connectivity index (χ1) is 9.78. The van der Waals surface area contributed by atoms with Crippen molar-refractivity contribution in [2.75, 3.05) is 5.73 Å². The highest BCUT2D eigenvalue weighted by Crippen LogP contribution is 2.30. The Morgan fingerprint density at radius 2 is 2.15 bits per heavy atom. The van der Waals surface area contributed by atoms with Gasteiger partial charge in [0.1, 0.15) is 11.9 Å². The zero-order valence-corrected chi connectivity index (χ0v) is 11.9. The molecule has 0 amide bonds. The molecule has 6 heteroatoms. The molecule has 0 saturated carbocycles. The minimum absolute atomic E-state index is 0.505. The molecule has 2 N–H and O–H groups in total. The van der Waals surface area contributed by atoms with E-state index in [-0.39, 0.29) is 0 Å². The fourth-order valence-electron chi connectivity index (χ4n) is 2.33. The molecule has 20 heavy (non-hydrogen) atoms. The number of nitrogens with zero attached hydrogens (tertiary/aromatic N) is 4. The second-order valence-corrected chi connectivity index (χ2v) is 5.86. The minimum atomic E-state index is 0.505. The predicted octanol–water partition coefficient (Wildman–Crippen LogP) is 2.61. The molecule has 0 atom stereocenters. The van der Waals surface area contributed by atoms with Crippen LogP contribution < -0.4 is 5.73 Å². The highest BCUT2D eigenvalue weighted by Gasteiger charge is 2.15. The number of benzene rings is 1. The fourth-order valence-corrected chi connectivity index (χ4v) is 3.25. The Morgan fingerprint density at radius 1 is 1.25 bits per heavy atom. The first-order valence-corrected chi connectivity index (χ1v) is 7.49. The lowest BCUT2D eigenvalue weighted by Crippen LogP contribution is -2.02. The Kier molecular flexibility index (Phi) is 3.61. The van der Waals surface area contributed by atoms with Gasteiger partial charge in [-0.15, -0.1) is 10.2 Å². The smallest absolute Gasteiger partial charge is 0.196 e. The Hall–Kier alpha value is -2.00. The molecular formula is C14H15N5S. The van der Waals surface area contributed by atoms with Crippen LogP contribution in [0.4, 0.5) is 5.69 Å². The number of aryl methyl sites for hydroxylation is 1. The van der Waals surface area contributed by atoms with Crippen molar-refractivity contribution in [3.05, 3.63) is 29.6 Å². The molecule has 0 aliphatic carbocycles. The molecule has 5 nitrogen and oxygen atoms in total. The van der Waals surface area contributed by atoms with Crippen molar-refractivity contribution in [2.24, 2.45) is 0 Å². The van der Waals surface area contributed by atoms with Gasteiger partial charge in [0.15, 0.2) is 5.16 Å². The van der Waals surface area contributed by atoms with Gasteiger partial charge in [0.05, 0.1) is 5.56 Å². The van der Waals surface area contributed by atoms with Crippen LogP contribution >= 0.6 is 11.8 Å². The Bertz CT molecular complexity index is 671. The van der Waals surface area contributed by atoms with Gasteiger partial charge < -0.3 is 10.3 Å². The van der Waals surface area contributed by atoms with Crippen molar-refractivity contribution in [1.82, 2.24) is 14.8 Å². The molecule has 3 rings (SSSR count). The molecule has 0 unspecified atom stereocenters. The van der Waals surface area contributed by atoms with Crippen LogP contribution in [-0.2, 0) is 13.0 Å². The molecule has 0 saturated heterocycles. The van der Waals surface area contributed by atoms with Crippen molar-refractivity contribution >= 4 is 17.4 Å². The number of hydrogen-bond acceptors (Lipinski definition) is 5. The molecule has 0 fully saturated rings. The van der Waals surface area contributed by atoms with Crippen molar-refractivity contribution < 1.29 is 0 Å². The maximum atomic E-state index is 9.03. The lowest BCUT2D eigenvalue weighted by atomic mass is 10.2. The summed E-state index contributed by atoms with van der Waals surface area (Å²) in [7, 11) is 0. The topological polar surface area (TPSA) is 80.5 Å². The van der Waals surface area contributed by atoms with Gasteiger partial charge in [-0.1, -0.05) is 6.42 Å². The number of anilines is 1. The van der Waals surface area contributed by atoms with E-state index >= 15 is 0 Å². The zero-order valence-electron chi connectivity index (χ0n) is 11.0. The fraction of sp³-hybridized carbons (Fsp3) is 0.357. The average molecular weight is 285 g/mol. The largest absolute Gasteiger partial charge is 0.398 e. The van der Waals surface area contributed by atoms with E-state index in [1.807, 2.05) is 6.07 Å². The molecule has 2 aromatic rings. The van der Waals surface area contributed by atoms with E-state index < -0.39 is 0 Å². The van der Waals surface area contributed by atoms with Crippen LogP contribution in [0.15, 0.2) is 28.3 Å². The number of rotatable bonds is 2. The van der Waals surface area contributed by atoms with Crippen LogP contribution in [0, 0.1) is 11.3 Å². The van der Waals surface area contributed by atoms with E-state index in [2.05, 4.69) is 20.8 Å². The Labute approximate surface area is 121 Å². The summed E-state index contributed by atoms with van der Waals surface area (Å²) in [5.41, 5.74) is 6.76. The summed E-state index contributed by atoms with van der Waals surface area (Å²) in [6.07, 6.45) is 4.60. The van der Waals surface area contributed by atoms with Crippen LogP contribution in [-0.4, -0.2) is 14.8 Å². The van der Waals surface area contributed by atoms with Crippen molar-refractivity contribution in [1.29, 1.82) is 5.26 Å². The molecule has 102 valence electrons. The second-order valence-electron chi connectivity index (χ2n) is 4.82. The Morgan fingerprint density at radius 3 is 3.00 bits per heavy atom. The first-order valence-electron chi connectivity index (χ1n) is 6.67. The molecule has 2 heterocycles. The van der Waals surface area contributed by atoms with Gasteiger partial charge in [0.2, 0.25) is 0 Å². The van der Waals surface area contributed by atoms with Crippen molar-refractivity contribution in [3.8, 4) is 6.07 Å². The summed E-state index contributed by atoms with van der Waals surface area (Å²) in [6, 6.07) is 7.59. The lowest BCUT2D eigenvalue weighted by Gasteiger charge is -2.07. The molecule has 0 radical (unpaired) electrons. The van der Waals surface area contributed by atoms with E-state index in [1.165, 1.54) is 31.0 Å². The molecule has 1 aliphatic heterocycles. The molecule has 0 spiro atoms. The summed E-state index contributed by atoms with van der Waals surface area (Å²) in [5, 5.41) is 18.5. The minimum Gasteiger partial charge on any atom is -0.398 e. The van der Waals surface area contributed by atoms with E-state index in [4.69, 9.17) is 11.0 Å². The van der Waals surface area contributed by atoms with Gasteiger partial charge in [-0.05, 0) is 42.8 Å². The SMILES string of the molecule is N#Cc1cc(Sc2nnc3n2CCCCC3)ccc1N. The van der Waals surface area contributed by atoms with Crippen molar-refractivity contribution in [3.63, 3.8) is 0 Å². The van der Waals surface area contributed by atoms with Crippen LogP contribution in [0.3, 0.4) is 0 Å². The van der Waals surface area contributed by atoms with Gasteiger partial charge >= 0.3 is 0 Å². The normalized spacial score (nSPS) is 14.3. The van der Waals surface area contributed by atoms with Gasteiger partial charge in [0, 0.05) is 23.5 Å². The number of hydrogen-bond donors (Lipinski definition) is 1. The highest BCUT2D eigenvalue weighted by molar-refractivity contribution is 7.99. The molecular weight excluding hydrogens is 270 g/mol. The van der Waals surface area contributed by atoms with Gasteiger partial charge in [-0.2, -0.15) is 5.26 Å². The molecule has 1 aromatic carbocycles. The number of nitriles is 1. The summed E-state index contributed by atoms with van der Waals surface area (Å²) in [6.45, 7) is 0.977. The van der Waals surface area contributed by atoms with Crippen molar-refractivity contribution in [2.45, 2.75) is 42.3 Å². The molecule has 1 aliphatic rings. The maximum absolute atomic E-state index is 9.03. The summed E-state index contributed by atoms with van der Waals surface area (Å²) in [4.78, 5) is 0.968. The van der Waals surface area contributed by atoms with E-state index in [1.54, 1.807) is 12.1 Å². The number of fused-ring (bicyclic) bond motifs is 1. The van der Waals surface area contributed by atoms with Crippen LogP contribution in [0.2, 0.25) is 0 Å². The number of nitrogen functional groups attached to an aromatic ring is 1. The monoisotopic (exact) mass is 285 g/mol. The quantitative estimate of drug-likeness (QED) is 0.858. The Balaban J connectivity index is 1.88. The highest BCUT2D eigenvalue weighted by atomic mass is 32.2. The van der Waals surface area contributed by atoms with Crippen LogP contribution in [0.5, 0.6) is 0 Å². The summed E-state index contributed by atoms with van der Waals surface area (Å²) >= 11 is 1.54. The predicted molar refractivity (Wildman–Crippen MR) is 77.3 cm³/mol. The first kappa shape index (κ1) is 13.0. The van der Waals surface area contributed by atoms with Gasteiger partial charge in [-0.3, -0.25) is 0 Å².